The zero-order valence-electron chi connectivity index (χ0n) is 14.3. The minimum absolute atomic E-state index is 0.0873. The summed E-state index contributed by atoms with van der Waals surface area (Å²) in [6.07, 6.45) is 3.46. The highest BCUT2D eigenvalue weighted by Gasteiger charge is 2.24. The van der Waals surface area contributed by atoms with Crippen LogP contribution in [-0.2, 0) is 11.2 Å². The normalized spacial score (nSPS) is 16.4. The number of nitriles is 1. The molecule has 4 heteroatoms. The van der Waals surface area contributed by atoms with E-state index in [1.54, 1.807) is 12.1 Å². The van der Waals surface area contributed by atoms with E-state index in [0.717, 1.165) is 18.5 Å². The van der Waals surface area contributed by atoms with Gasteiger partial charge >= 0.3 is 0 Å². The number of carbonyl (C=O) groups excluding carboxylic acids is 1. The van der Waals surface area contributed by atoms with Crippen molar-refractivity contribution in [2.24, 2.45) is 0 Å². The van der Waals surface area contributed by atoms with E-state index in [0.29, 0.717) is 31.0 Å². The first-order valence-corrected chi connectivity index (χ1v) is 8.83. The second-order valence-electron chi connectivity index (χ2n) is 6.44. The van der Waals surface area contributed by atoms with Gasteiger partial charge in [0, 0.05) is 31.2 Å². The minimum atomic E-state index is 0.0873. The van der Waals surface area contributed by atoms with E-state index >= 15 is 0 Å². The van der Waals surface area contributed by atoms with Gasteiger partial charge in [0.15, 0.2) is 0 Å². The molecule has 1 aliphatic heterocycles. The first-order valence-electron chi connectivity index (χ1n) is 8.83. The molecule has 25 heavy (non-hydrogen) atoms. The van der Waals surface area contributed by atoms with Crippen molar-refractivity contribution in [3.63, 3.8) is 0 Å². The predicted octanol–water partition coefficient (Wildman–Crippen LogP) is 3.28. The first kappa shape index (κ1) is 17.0. The van der Waals surface area contributed by atoms with Gasteiger partial charge in [0.1, 0.15) is 0 Å². The number of anilines is 1. The third-order valence-corrected chi connectivity index (χ3v) is 4.72. The zero-order chi connectivity index (χ0) is 17.5. The summed E-state index contributed by atoms with van der Waals surface area (Å²) in [5, 5.41) is 11.9. The highest BCUT2D eigenvalue weighted by atomic mass is 16.1. The highest BCUT2D eigenvalue weighted by Crippen LogP contribution is 2.24. The van der Waals surface area contributed by atoms with Gasteiger partial charge < -0.3 is 10.2 Å². The van der Waals surface area contributed by atoms with Gasteiger partial charge in [-0.3, -0.25) is 4.79 Å². The average molecular weight is 333 g/mol. The number of rotatable bonds is 6. The van der Waals surface area contributed by atoms with Gasteiger partial charge in [0.2, 0.25) is 5.91 Å². The van der Waals surface area contributed by atoms with Crippen molar-refractivity contribution >= 4 is 11.6 Å². The molecular weight excluding hydrogens is 310 g/mol. The molecule has 2 aromatic carbocycles. The fraction of sp³-hybridized carbons (Fsp3) is 0.333. The summed E-state index contributed by atoms with van der Waals surface area (Å²) < 4.78 is 0. The molecule has 4 nitrogen and oxygen atoms in total. The van der Waals surface area contributed by atoms with Gasteiger partial charge in [-0.25, -0.2) is 0 Å². The van der Waals surface area contributed by atoms with Crippen LogP contribution in [0.25, 0.3) is 0 Å². The molecule has 0 saturated carbocycles. The molecule has 1 N–H and O–H groups in total. The Kier molecular flexibility index (Phi) is 5.69. The molecule has 1 heterocycles. The lowest BCUT2D eigenvalue weighted by Crippen LogP contribution is -2.40. The number of hydrogen-bond donors (Lipinski definition) is 1. The van der Waals surface area contributed by atoms with Crippen molar-refractivity contribution < 1.29 is 4.79 Å². The molecule has 0 bridgehead atoms. The Morgan fingerprint density at radius 3 is 2.64 bits per heavy atom. The molecule has 1 atom stereocenters. The number of aryl methyl sites for hydroxylation is 1. The molecule has 1 aliphatic rings. The number of nitrogens with one attached hydrogen (secondary N) is 1. The molecule has 0 unspecified atom stereocenters. The van der Waals surface area contributed by atoms with Crippen LogP contribution < -0.4 is 10.2 Å². The quantitative estimate of drug-likeness (QED) is 0.882. The van der Waals surface area contributed by atoms with Crippen LogP contribution in [0.2, 0.25) is 0 Å². The first-order chi connectivity index (χ1) is 12.3. The Morgan fingerprint density at radius 1 is 1.16 bits per heavy atom. The Morgan fingerprint density at radius 2 is 1.92 bits per heavy atom. The summed E-state index contributed by atoms with van der Waals surface area (Å²) in [7, 11) is 0. The Bertz CT molecular complexity index is 734. The van der Waals surface area contributed by atoms with Crippen LogP contribution in [0.4, 0.5) is 5.69 Å². The predicted molar refractivity (Wildman–Crippen MR) is 99.3 cm³/mol. The van der Waals surface area contributed by atoms with Crippen LogP contribution in [0.5, 0.6) is 0 Å². The number of amides is 1. The third-order valence-electron chi connectivity index (χ3n) is 4.72. The number of carbonyl (C=O) groups is 1. The lowest BCUT2D eigenvalue weighted by atomic mass is 10.1. The Labute approximate surface area is 149 Å². The molecule has 3 rings (SSSR count). The highest BCUT2D eigenvalue weighted by molar-refractivity contribution is 5.76. The topological polar surface area (TPSA) is 56.1 Å². The molecule has 0 spiro atoms. The van der Waals surface area contributed by atoms with Gasteiger partial charge in [0.05, 0.1) is 11.6 Å². The van der Waals surface area contributed by atoms with Crippen LogP contribution in [0.3, 0.4) is 0 Å². The summed E-state index contributed by atoms with van der Waals surface area (Å²) >= 11 is 0. The van der Waals surface area contributed by atoms with Gasteiger partial charge in [-0.1, -0.05) is 30.3 Å². The number of nitrogens with zero attached hydrogens (tertiary/aromatic N) is 2. The summed E-state index contributed by atoms with van der Waals surface area (Å²) in [4.78, 5) is 14.5. The summed E-state index contributed by atoms with van der Waals surface area (Å²) in [5.41, 5.74) is 2.97. The second-order valence-corrected chi connectivity index (χ2v) is 6.44. The van der Waals surface area contributed by atoms with Crippen LogP contribution in [0.15, 0.2) is 54.6 Å². The summed E-state index contributed by atoms with van der Waals surface area (Å²) in [6, 6.07) is 20.3. The van der Waals surface area contributed by atoms with Gasteiger partial charge in [-0.2, -0.15) is 5.26 Å². The molecular formula is C21H23N3O. The maximum Gasteiger partial charge on any atom is 0.220 e. The molecule has 0 radical (unpaired) electrons. The van der Waals surface area contributed by atoms with Crippen molar-refractivity contribution in [1.82, 2.24) is 5.32 Å². The van der Waals surface area contributed by atoms with Crippen LogP contribution in [0, 0.1) is 11.3 Å². The lowest BCUT2D eigenvalue weighted by Gasteiger charge is -2.27. The largest absolute Gasteiger partial charge is 0.367 e. The van der Waals surface area contributed by atoms with Gasteiger partial charge in [-0.05, 0) is 49.1 Å². The smallest absolute Gasteiger partial charge is 0.220 e. The van der Waals surface area contributed by atoms with Crippen molar-refractivity contribution in [3.8, 4) is 6.07 Å². The van der Waals surface area contributed by atoms with E-state index in [4.69, 9.17) is 5.26 Å². The summed E-state index contributed by atoms with van der Waals surface area (Å²) in [5.74, 6) is 0.0873. The van der Waals surface area contributed by atoms with Crippen molar-refractivity contribution in [1.29, 1.82) is 5.26 Å². The second kappa shape index (κ2) is 8.34. The molecule has 1 saturated heterocycles. The van der Waals surface area contributed by atoms with Crippen LogP contribution >= 0.6 is 0 Å². The maximum absolute atomic E-state index is 12.2. The number of para-hydroxylation sites is 1. The van der Waals surface area contributed by atoms with E-state index < -0.39 is 0 Å². The molecule has 0 aromatic heterocycles. The van der Waals surface area contributed by atoms with Crippen LogP contribution in [0.1, 0.15) is 30.4 Å². The molecule has 0 aliphatic carbocycles. The van der Waals surface area contributed by atoms with Crippen molar-refractivity contribution in [2.75, 3.05) is 18.0 Å². The van der Waals surface area contributed by atoms with Gasteiger partial charge in [0.25, 0.3) is 0 Å². The van der Waals surface area contributed by atoms with Crippen molar-refractivity contribution in [2.45, 2.75) is 31.7 Å². The van der Waals surface area contributed by atoms with E-state index in [1.807, 2.05) is 18.2 Å². The van der Waals surface area contributed by atoms with E-state index in [1.165, 1.54) is 12.1 Å². The van der Waals surface area contributed by atoms with Crippen molar-refractivity contribution in [3.05, 3.63) is 65.7 Å². The average Bonchev–Trinajstić information content (AvgIpc) is 3.14. The van der Waals surface area contributed by atoms with E-state index in [9.17, 15) is 4.79 Å². The molecule has 1 fully saturated rings. The summed E-state index contributed by atoms with van der Waals surface area (Å²) in [6.45, 7) is 1.75. The van der Waals surface area contributed by atoms with Crippen LogP contribution in [-0.4, -0.2) is 25.0 Å². The zero-order valence-corrected chi connectivity index (χ0v) is 14.3. The molecule has 128 valence electrons. The third kappa shape index (κ3) is 4.60. The Hall–Kier alpha value is -2.80. The standard InChI is InChI=1S/C21H23N3O/c22-15-18-10-8-17(9-11-18)12-13-21(25)23-16-20-7-4-14-24(20)19-5-2-1-3-6-19/h1-3,5-6,8-11,20H,4,7,12-14,16H2,(H,23,25)/t20-/m0/s1. The Balaban J connectivity index is 1.46. The van der Waals surface area contributed by atoms with Gasteiger partial charge in [-0.15, -0.1) is 0 Å². The molecule has 2 aromatic rings. The maximum atomic E-state index is 12.2. The molecule has 1 amide bonds. The lowest BCUT2D eigenvalue weighted by molar-refractivity contribution is -0.121. The van der Waals surface area contributed by atoms with E-state index in [-0.39, 0.29) is 5.91 Å². The number of hydrogen-bond acceptors (Lipinski definition) is 3. The van der Waals surface area contributed by atoms with E-state index in [2.05, 4.69) is 40.6 Å². The fourth-order valence-corrected chi connectivity index (χ4v) is 3.33. The number of benzene rings is 2. The fourth-order valence-electron chi connectivity index (χ4n) is 3.33. The SMILES string of the molecule is N#Cc1ccc(CCC(=O)NC[C@@H]2CCCN2c2ccccc2)cc1. The monoisotopic (exact) mass is 333 g/mol. The minimum Gasteiger partial charge on any atom is -0.367 e.